The van der Waals surface area contributed by atoms with Crippen molar-refractivity contribution in [3.63, 3.8) is 0 Å². The van der Waals surface area contributed by atoms with E-state index in [4.69, 9.17) is 4.74 Å². The minimum atomic E-state index is -0.780. The first-order valence-electron chi connectivity index (χ1n) is 11.2. The maximum absolute atomic E-state index is 11.8. The average Bonchev–Trinajstić information content (AvgIpc) is 2.72. The van der Waals surface area contributed by atoms with E-state index in [-0.39, 0.29) is 25.8 Å². The molecular weight excluding hydrogens is 372 g/mol. The Balaban J connectivity index is 3.45. The first-order chi connectivity index (χ1) is 13.6. The van der Waals surface area contributed by atoms with Crippen LogP contribution >= 0.6 is 11.8 Å². The number of allylic oxidation sites excluding steroid dienone is 2. The lowest BCUT2D eigenvalue weighted by atomic mass is 10.1. The number of hydrogen-bond donors (Lipinski definition) is 2. The molecule has 0 aliphatic heterocycles. The van der Waals surface area contributed by atoms with Crippen molar-refractivity contribution in [3.05, 3.63) is 12.2 Å². The van der Waals surface area contributed by atoms with E-state index in [1.807, 2.05) is 0 Å². The van der Waals surface area contributed by atoms with Crippen LogP contribution in [0.4, 0.5) is 0 Å². The number of aliphatic hydroxyl groups is 2. The minimum absolute atomic E-state index is 0.0606. The molecule has 28 heavy (non-hydrogen) atoms. The third-order valence-corrected chi connectivity index (χ3v) is 6.39. The Kier molecular flexibility index (Phi) is 19.4. The molecule has 166 valence electrons. The molecule has 0 aromatic rings. The van der Waals surface area contributed by atoms with Crippen LogP contribution in [0, 0.1) is 0 Å². The van der Waals surface area contributed by atoms with Gasteiger partial charge in [-0.3, -0.25) is 4.79 Å². The van der Waals surface area contributed by atoms with Crippen molar-refractivity contribution in [2.45, 2.75) is 102 Å². The highest BCUT2D eigenvalue weighted by Crippen LogP contribution is 2.22. The Labute approximate surface area is 177 Å². The van der Waals surface area contributed by atoms with Gasteiger partial charge in [0.2, 0.25) is 0 Å². The third kappa shape index (κ3) is 15.4. The molecule has 0 radical (unpaired) electrons. The molecule has 0 rings (SSSR count). The predicted octanol–water partition coefficient (Wildman–Crippen LogP) is 5.65. The highest BCUT2D eigenvalue weighted by molar-refractivity contribution is 8.00. The van der Waals surface area contributed by atoms with Gasteiger partial charge < -0.3 is 14.9 Å². The Morgan fingerprint density at radius 3 is 1.86 bits per heavy atom. The molecule has 0 unspecified atom stereocenters. The summed E-state index contributed by atoms with van der Waals surface area (Å²) >= 11 is 1.33. The van der Waals surface area contributed by atoms with Gasteiger partial charge in [0, 0.05) is 6.42 Å². The van der Waals surface area contributed by atoms with Gasteiger partial charge in [-0.2, -0.15) is 11.8 Å². The molecular formula is C23H44O4S. The average molecular weight is 417 g/mol. The van der Waals surface area contributed by atoms with Crippen LogP contribution in [-0.2, 0) is 9.53 Å². The summed E-state index contributed by atoms with van der Waals surface area (Å²) in [5, 5.41) is 18.7. The fourth-order valence-corrected chi connectivity index (χ4v) is 3.39. The summed E-state index contributed by atoms with van der Waals surface area (Å²) in [6, 6.07) is 0. The van der Waals surface area contributed by atoms with Gasteiger partial charge in [-0.1, -0.05) is 70.4 Å². The zero-order chi connectivity index (χ0) is 20.9. The zero-order valence-corrected chi connectivity index (χ0v) is 19.1. The van der Waals surface area contributed by atoms with E-state index in [2.05, 4.69) is 19.1 Å². The quantitative estimate of drug-likeness (QED) is 0.152. The molecule has 0 aliphatic rings. The monoisotopic (exact) mass is 416 g/mol. The molecule has 0 aromatic carbocycles. The van der Waals surface area contributed by atoms with Crippen molar-refractivity contribution in [3.8, 4) is 0 Å². The van der Waals surface area contributed by atoms with E-state index in [1.165, 1.54) is 69.5 Å². The molecule has 4 nitrogen and oxygen atoms in total. The molecule has 0 saturated heterocycles. The van der Waals surface area contributed by atoms with Crippen molar-refractivity contribution in [1.82, 2.24) is 0 Å². The van der Waals surface area contributed by atoms with E-state index >= 15 is 0 Å². The maximum Gasteiger partial charge on any atom is 0.305 e. The summed E-state index contributed by atoms with van der Waals surface area (Å²) in [5.41, 5.74) is 0. The van der Waals surface area contributed by atoms with Crippen molar-refractivity contribution in [2.24, 2.45) is 0 Å². The van der Waals surface area contributed by atoms with Gasteiger partial charge in [0.15, 0.2) is 0 Å². The molecule has 0 amide bonds. The molecule has 0 atom stereocenters. The molecule has 0 aliphatic carbocycles. The Bertz CT molecular complexity index is 373. The molecule has 2 N–H and O–H groups in total. The maximum atomic E-state index is 11.8. The van der Waals surface area contributed by atoms with Crippen LogP contribution in [-0.4, -0.2) is 47.0 Å². The second-order valence-electron chi connectivity index (χ2n) is 7.70. The first-order valence-corrected chi connectivity index (χ1v) is 12.4. The van der Waals surface area contributed by atoms with Gasteiger partial charge in [0.25, 0.3) is 0 Å². The number of carbonyl (C=O) groups is 1. The first kappa shape index (κ1) is 27.5. The normalized spacial score (nSPS) is 12.0. The summed E-state index contributed by atoms with van der Waals surface area (Å²) in [6.07, 6.45) is 22.9. The number of hydrogen-bond acceptors (Lipinski definition) is 5. The summed E-state index contributed by atoms with van der Waals surface area (Å²) in [4.78, 5) is 11.8. The van der Waals surface area contributed by atoms with Crippen LogP contribution in [0.1, 0.15) is 96.8 Å². The van der Waals surface area contributed by atoms with Crippen molar-refractivity contribution < 1.29 is 19.7 Å². The number of carbonyl (C=O) groups excluding carboxylic acids is 1. The summed E-state index contributed by atoms with van der Waals surface area (Å²) < 4.78 is 4.43. The number of aliphatic hydroxyl groups excluding tert-OH is 2. The SMILES string of the molecule is CCCCCCCCC=CCCCCCCCC(=O)OCC(CO)(CO)SC. The number of esters is 1. The molecule has 0 fully saturated rings. The van der Waals surface area contributed by atoms with E-state index in [0.717, 1.165) is 25.7 Å². The van der Waals surface area contributed by atoms with Gasteiger partial charge in [-0.15, -0.1) is 0 Å². The van der Waals surface area contributed by atoms with E-state index in [1.54, 1.807) is 6.26 Å². The molecule has 0 spiro atoms. The van der Waals surface area contributed by atoms with E-state index < -0.39 is 4.75 Å². The van der Waals surface area contributed by atoms with Gasteiger partial charge in [0.1, 0.15) is 6.61 Å². The third-order valence-electron chi connectivity index (χ3n) is 5.15. The fraction of sp³-hybridized carbons (Fsp3) is 0.870. The Morgan fingerprint density at radius 2 is 1.36 bits per heavy atom. The van der Waals surface area contributed by atoms with Gasteiger partial charge in [-0.05, 0) is 38.4 Å². The standard InChI is InChI=1S/C23H44O4S/c1-3-4-5-6-7-8-9-10-11-12-13-14-15-16-17-18-22(26)27-21-23(19-24,20-25)28-2/h10-11,24-25H,3-9,12-21H2,1-2H3. The van der Waals surface area contributed by atoms with E-state index in [9.17, 15) is 15.0 Å². The largest absolute Gasteiger partial charge is 0.464 e. The van der Waals surface area contributed by atoms with Crippen molar-refractivity contribution in [1.29, 1.82) is 0 Å². The Hall–Kier alpha value is -0.520. The lowest BCUT2D eigenvalue weighted by Gasteiger charge is -2.26. The van der Waals surface area contributed by atoms with Gasteiger partial charge >= 0.3 is 5.97 Å². The van der Waals surface area contributed by atoms with Crippen LogP contribution in [0.15, 0.2) is 12.2 Å². The fourth-order valence-electron chi connectivity index (χ4n) is 2.95. The van der Waals surface area contributed by atoms with Crippen molar-refractivity contribution >= 4 is 17.7 Å². The van der Waals surface area contributed by atoms with Crippen molar-refractivity contribution in [2.75, 3.05) is 26.1 Å². The molecule has 0 bridgehead atoms. The molecule has 0 heterocycles. The highest BCUT2D eigenvalue weighted by Gasteiger charge is 2.29. The Morgan fingerprint density at radius 1 is 0.857 bits per heavy atom. The smallest absolute Gasteiger partial charge is 0.305 e. The predicted molar refractivity (Wildman–Crippen MR) is 121 cm³/mol. The summed E-state index contributed by atoms with van der Waals surface area (Å²) in [6.45, 7) is 1.91. The van der Waals surface area contributed by atoms with Gasteiger partial charge in [-0.25, -0.2) is 0 Å². The second kappa shape index (κ2) is 19.8. The number of rotatable bonds is 20. The van der Waals surface area contributed by atoms with Crippen LogP contribution in [0.5, 0.6) is 0 Å². The van der Waals surface area contributed by atoms with E-state index in [0.29, 0.717) is 6.42 Å². The zero-order valence-electron chi connectivity index (χ0n) is 18.3. The summed E-state index contributed by atoms with van der Waals surface area (Å²) in [5.74, 6) is -0.238. The van der Waals surface area contributed by atoms with Crippen LogP contribution in [0.2, 0.25) is 0 Å². The lowest BCUT2D eigenvalue weighted by Crippen LogP contribution is -2.39. The van der Waals surface area contributed by atoms with Crippen LogP contribution in [0.3, 0.4) is 0 Å². The second-order valence-corrected chi connectivity index (χ2v) is 8.97. The number of ether oxygens (including phenoxy) is 1. The molecule has 0 aromatic heterocycles. The molecule has 5 heteroatoms. The topological polar surface area (TPSA) is 66.8 Å². The lowest BCUT2D eigenvalue weighted by molar-refractivity contribution is -0.145. The highest BCUT2D eigenvalue weighted by atomic mass is 32.2. The number of unbranched alkanes of at least 4 members (excludes halogenated alkanes) is 11. The number of thioether (sulfide) groups is 1. The minimum Gasteiger partial charge on any atom is -0.464 e. The van der Waals surface area contributed by atoms with Gasteiger partial charge in [0.05, 0.1) is 18.0 Å². The molecule has 0 saturated carbocycles. The summed E-state index contributed by atoms with van der Waals surface area (Å²) in [7, 11) is 0. The van der Waals surface area contributed by atoms with Crippen LogP contribution < -0.4 is 0 Å². The van der Waals surface area contributed by atoms with Crippen LogP contribution in [0.25, 0.3) is 0 Å².